The van der Waals surface area contributed by atoms with E-state index in [1.165, 1.54) is 82.0 Å². The Bertz CT molecular complexity index is 1090. The molecule has 0 saturated carbocycles. The Morgan fingerprint density at radius 3 is 0.992 bits per heavy atom. The van der Waals surface area contributed by atoms with Crippen LogP contribution in [0.4, 0.5) is 0 Å². The van der Waals surface area contributed by atoms with E-state index in [2.05, 4.69) is 152 Å². The Hall–Kier alpha value is -5.84. The maximum Gasteiger partial charge on any atom is 0.257 e. The monoisotopic (exact) mass is 1880 g/mol. The van der Waals surface area contributed by atoms with Crippen molar-refractivity contribution >= 4 is 91.4 Å². The summed E-state index contributed by atoms with van der Waals surface area (Å²) in [5.74, 6) is 3.44. The number of hydrogen-bond donors (Lipinski definition) is 8. The third kappa shape index (κ3) is 394. The fourth-order valence-electron chi connectivity index (χ4n) is 4.18. The summed E-state index contributed by atoms with van der Waals surface area (Å²) in [6.07, 6.45) is 41.2. The van der Waals surface area contributed by atoms with Gasteiger partial charge in [-0.2, -0.15) is 15.3 Å². The number of nitrogens with zero attached hydrogens (tertiary/aromatic N) is 11. The summed E-state index contributed by atoms with van der Waals surface area (Å²) >= 11 is 5.21. The third-order valence-electron chi connectivity index (χ3n) is 7.39. The van der Waals surface area contributed by atoms with Gasteiger partial charge >= 0.3 is 0 Å². The molecule has 0 unspecified atom stereocenters. The molecular formula is C98H243N19O6S3. The first kappa shape index (κ1) is 201. The van der Waals surface area contributed by atoms with Gasteiger partial charge in [0.1, 0.15) is 19.6 Å². The zero-order chi connectivity index (χ0) is 105. The van der Waals surface area contributed by atoms with Crippen molar-refractivity contribution in [2.24, 2.45) is 55.3 Å². The number of hydrazine groups is 1. The molecule has 0 atom stereocenters. The first-order chi connectivity index (χ1) is 63.0. The second-order valence-electron chi connectivity index (χ2n) is 13.1. The molecule has 28 heteroatoms. The van der Waals surface area contributed by atoms with E-state index in [1.807, 2.05) is 430 Å². The van der Waals surface area contributed by atoms with Gasteiger partial charge in [-0.05, 0) is 87.2 Å². The van der Waals surface area contributed by atoms with Crippen molar-refractivity contribution in [2.45, 2.75) is 458 Å². The standard InChI is InChI=1S/C5H8.2C4H7N.C4H6O.C4H6S.C3H6N2.C3H5NO.C3H5NS.2C2H5N3.2C2H4N2O.C2H4N2S.C2H3NO2.28C2H6/c8*1-2-4-5-3-1;1-3-2-5-4-1;1-2-4-5-3-1;1-3-4-2-5-1;1-3-2-5-4-1;1-3-4-2-5-1;1-3-5-2-4-1;28*1-2/h1-2H,3-5H2;3H,1-2,4H2;1,3,5H,2,4H2;2*1,3H,2,4H2;2,5H,1,3H2;2*2H,1,3H2;1,5H,2H2,(H,3,4);1-2H2,(H,3,4);1,4H,2H2;1H,2H2,(H,3,4);1,4H,2H2;1H,2H2;28*1-2H3. The van der Waals surface area contributed by atoms with Crippen molar-refractivity contribution in [3.63, 3.8) is 0 Å². The highest BCUT2D eigenvalue weighted by Gasteiger charge is 1.91. The molecule has 784 valence electrons. The van der Waals surface area contributed by atoms with Crippen LogP contribution in [0.15, 0.2) is 104 Å². The molecule has 1 aliphatic carbocycles. The zero-order valence-electron chi connectivity index (χ0n) is 96.1. The maximum atomic E-state index is 4.76. The Balaban J connectivity index is -0.0000000303. The number of oxime groups is 2. The SMILES string of the molecule is C1=CCCC1.C1=CNCC1.C1=COCC1.C1=CSCC1.C1=NCCC1.C1=NCNN1.C1=NCON1.C1=NNCC1.C1=NNCO1.C1=NNCS1.C1=NOCC1.C1=NOCO1.C1=NSCC1.C1CNN=N1.CC.CC.CC.CC.CC.CC.CC.CC.CC.CC.CC.CC.CC.CC.CC.CC.CC.CC.CC.CC.CC.CC.CC.CC.CC.CC.CC.CC. The van der Waals surface area contributed by atoms with E-state index in [0.717, 1.165) is 71.1 Å². The largest absolute Gasteiger partial charge is 0.501 e. The number of hydrazone groups is 3. The van der Waals surface area contributed by atoms with E-state index in [1.54, 1.807) is 48.1 Å². The van der Waals surface area contributed by atoms with Gasteiger partial charge < -0.3 is 40.1 Å². The van der Waals surface area contributed by atoms with Crippen molar-refractivity contribution in [2.75, 3.05) is 90.2 Å². The first-order valence-corrected chi connectivity index (χ1v) is 54.0. The molecule has 13 heterocycles. The van der Waals surface area contributed by atoms with Gasteiger partial charge in [0.2, 0.25) is 6.40 Å². The van der Waals surface area contributed by atoms with Crippen LogP contribution in [-0.4, -0.2) is 146 Å². The molecule has 0 radical (unpaired) electrons. The van der Waals surface area contributed by atoms with Crippen LogP contribution >= 0.6 is 35.5 Å². The second kappa shape index (κ2) is 404. The van der Waals surface area contributed by atoms with Crippen LogP contribution in [-0.2, 0) is 28.7 Å². The molecule has 0 aromatic carbocycles. The fraction of sp³-hybridized carbons (Fsp3) is 0.827. The van der Waals surface area contributed by atoms with Crippen LogP contribution < -0.4 is 43.4 Å². The number of hydroxylamine groups is 1. The quantitative estimate of drug-likeness (QED) is 0.0826. The molecule has 8 N–H and O–H groups in total. The molecule has 14 aliphatic rings. The molecular weight excluding hydrogens is 1640 g/mol. The summed E-state index contributed by atoms with van der Waals surface area (Å²) in [5, 5.41) is 29.8. The summed E-state index contributed by atoms with van der Waals surface area (Å²) in [4.78, 5) is 24.6. The zero-order valence-corrected chi connectivity index (χ0v) is 98.5. The highest BCUT2D eigenvalue weighted by atomic mass is 32.2. The summed E-state index contributed by atoms with van der Waals surface area (Å²) in [5.41, 5.74) is 20.4. The lowest BCUT2D eigenvalue weighted by Crippen LogP contribution is -2.22. The smallest absolute Gasteiger partial charge is 0.257 e. The average Bonchev–Trinajstić information content (AvgIpc) is 4.58. The number of hydrogen-bond acceptors (Lipinski definition) is 28. The highest BCUT2D eigenvalue weighted by Crippen LogP contribution is 2.12. The lowest BCUT2D eigenvalue weighted by Gasteiger charge is -1.80. The molecule has 0 amide bonds. The van der Waals surface area contributed by atoms with Gasteiger partial charge in [-0.15, -0.1) is 16.9 Å². The molecule has 0 fully saturated rings. The maximum absolute atomic E-state index is 4.76. The van der Waals surface area contributed by atoms with E-state index in [-0.39, 0.29) is 6.79 Å². The van der Waals surface area contributed by atoms with Gasteiger partial charge in [0.15, 0.2) is 19.9 Å². The fourth-order valence-corrected chi connectivity index (χ4v) is 5.76. The molecule has 0 spiro atoms. The predicted molar refractivity (Wildman–Crippen MR) is 609 cm³/mol. The van der Waals surface area contributed by atoms with Gasteiger partial charge in [-0.3, -0.25) is 36.6 Å². The van der Waals surface area contributed by atoms with Crippen molar-refractivity contribution < 1.29 is 28.7 Å². The van der Waals surface area contributed by atoms with E-state index in [0.29, 0.717) is 20.1 Å². The molecule has 0 bridgehead atoms. The summed E-state index contributed by atoms with van der Waals surface area (Å²) in [7, 11) is 0. The topological polar surface area (TPSA) is 288 Å². The number of thioether (sulfide) groups is 2. The molecule has 0 aromatic rings. The van der Waals surface area contributed by atoms with Crippen LogP contribution in [0.5, 0.6) is 0 Å². The normalized spacial score (nSPS) is 12.1. The van der Waals surface area contributed by atoms with Gasteiger partial charge in [0.25, 0.3) is 6.79 Å². The number of aliphatic imine (C=N–C) groups is 3. The van der Waals surface area contributed by atoms with Crippen LogP contribution in [0, 0.1) is 0 Å². The number of rotatable bonds is 0. The number of allylic oxidation sites excluding steroid dienone is 3. The summed E-state index contributed by atoms with van der Waals surface area (Å²) in [6.45, 7) is 121. The molecule has 0 aromatic heterocycles. The van der Waals surface area contributed by atoms with Crippen LogP contribution in [0.1, 0.15) is 458 Å². The van der Waals surface area contributed by atoms with Gasteiger partial charge in [-0.1, -0.05) is 439 Å². The van der Waals surface area contributed by atoms with Crippen LogP contribution in [0.3, 0.4) is 0 Å². The van der Waals surface area contributed by atoms with E-state index < -0.39 is 0 Å². The van der Waals surface area contributed by atoms with Crippen molar-refractivity contribution in [1.82, 2.24) is 43.4 Å². The van der Waals surface area contributed by atoms with Crippen molar-refractivity contribution in [3.05, 3.63) is 48.3 Å². The Kier molecular flexibility index (Phi) is 644. The minimum Gasteiger partial charge on any atom is -0.501 e. The highest BCUT2D eigenvalue weighted by molar-refractivity contribution is 8.12. The second-order valence-corrected chi connectivity index (χ2v) is 15.8. The summed E-state index contributed by atoms with van der Waals surface area (Å²) in [6, 6.07) is 0. The Morgan fingerprint density at radius 2 is 0.881 bits per heavy atom. The average molecular weight is 1880 g/mol. The minimum absolute atomic E-state index is 0.278. The molecule has 13 aliphatic heterocycles. The van der Waals surface area contributed by atoms with Gasteiger partial charge in [-0.25, -0.2) is 14.8 Å². The Morgan fingerprint density at radius 1 is 0.341 bits per heavy atom. The van der Waals surface area contributed by atoms with E-state index in [9.17, 15) is 0 Å². The molecule has 25 nitrogen and oxygen atoms in total. The van der Waals surface area contributed by atoms with E-state index in [4.69, 9.17) is 4.74 Å². The molecule has 14 rings (SSSR count). The first-order valence-electron chi connectivity index (χ1n) is 51.0. The third-order valence-corrected chi connectivity index (χ3v) is 9.51. The molecule has 126 heavy (non-hydrogen) atoms. The van der Waals surface area contributed by atoms with Crippen LogP contribution in [0.2, 0.25) is 0 Å². The number of nitrogens with one attached hydrogen (secondary N) is 8. The van der Waals surface area contributed by atoms with Crippen molar-refractivity contribution in [1.29, 1.82) is 0 Å². The van der Waals surface area contributed by atoms with E-state index >= 15 is 0 Å². The van der Waals surface area contributed by atoms with Gasteiger partial charge in [0, 0.05) is 69.0 Å². The van der Waals surface area contributed by atoms with Crippen LogP contribution in [0.25, 0.3) is 0 Å². The lowest BCUT2D eigenvalue weighted by atomic mass is 10.4. The Labute approximate surface area is 810 Å². The summed E-state index contributed by atoms with van der Waals surface area (Å²) < 4.78 is 17.6. The van der Waals surface area contributed by atoms with Gasteiger partial charge in [0.05, 0.1) is 43.7 Å². The minimum atomic E-state index is 0.278. The lowest BCUT2D eigenvalue weighted by molar-refractivity contribution is 0.0595. The van der Waals surface area contributed by atoms with Crippen molar-refractivity contribution in [3.8, 4) is 0 Å². The number of ether oxygens (including phenoxy) is 3. The predicted octanol–water partition coefficient (Wildman–Crippen LogP) is 34.0. The molecule has 0 saturated heterocycles.